The second kappa shape index (κ2) is 6.92. The van der Waals surface area contributed by atoms with Gasteiger partial charge in [-0.3, -0.25) is 9.59 Å². The molecule has 0 saturated carbocycles. The summed E-state index contributed by atoms with van der Waals surface area (Å²) in [6, 6.07) is 7.33. The van der Waals surface area contributed by atoms with E-state index in [1.165, 1.54) is 0 Å². The molecule has 0 bridgehead atoms. The van der Waals surface area contributed by atoms with Gasteiger partial charge in [0.15, 0.2) is 0 Å². The van der Waals surface area contributed by atoms with E-state index >= 15 is 0 Å². The van der Waals surface area contributed by atoms with Crippen molar-refractivity contribution in [3.05, 3.63) is 35.4 Å². The van der Waals surface area contributed by atoms with Gasteiger partial charge in [0.25, 0.3) is 5.91 Å². The normalized spacial score (nSPS) is 17.9. The summed E-state index contributed by atoms with van der Waals surface area (Å²) in [6.07, 6.45) is 0.241. The number of aliphatic hydroxyl groups excluding tert-OH is 1. The molecule has 0 unspecified atom stereocenters. The molecule has 1 aliphatic heterocycles. The van der Waals surface area contributed by atoms with E-state index in [1.807, 2.05) is 26.0 Å². The van der Waals surface area contributed by atoms with Crippen LogP contribution in [0.15, 0.2) is 24.3 Å². The Morgan fingerprint density at radius 1 is 1.32 bits per heavy atom. The molecule has 5 nitrogen and oxygen atoms in total. The first kappa shape index (κ1) is 16.5. The molecule has 1 aromatic carbocycles. The van der Waals surface area contributed by atoms with Gasteiger partial charge in [-0.2, -0.15) is 0 Å². The summed E-state index contributed by atoms with van der Waals surface area (Å²) in [6.45, 7) is 5.31. The number of nitrogens with zero attached hydrogens (tertiary/aromatic N) is 2. The fourth-order valence-corrected chi connectivity index (χ4v) is 2.65. The predicted octanol–water partition coefficient (Wildman–Crippen LogP) is 1.51. The first-order valence-electron chi connectivity index (χ1n) is 7.69. The standard InChI is InChI=1S/C17H24N2O3/c1-12(2)16(21)18(3)10-13-4-6-14(7-5-13)17(22)19-9-8-15(20)11-19/h4-7,12,15,20H,8-11H2,1-3H3/t15-/m0/s1. The molecule has 120 valence electrons. The SMILES string of the molecule is CC(C)C(=O)N(C)Cc1ccc(C(=O)N2CC[C@H](O)C2)cc1. The molecule has 1 aliphatic rings. The molecule has 1 heterocycles. The topological polar surface area (TPSA) is 60.9 Å². The fraction of sp³-hybridized carbons (Fsp3) is 0.529. The Morgan fingerprint density at radius 2 is 1.95 bits per heavy atom. The molecule has 0 radical (unpaired) electrons. The lowest BCUT2D eigenvalue weighted by Crippen LogP contribution is -2.30. The molecule has 1 aromatic rings. The van der Waals surface area contributed by atoms with E-state index < -0.39 is 6.10 Å². The Bertz CT molecular complexity index is 539. The van der Waals surface area contributed by atoms with E-state index in [0.717, 1.165) is 5.56 Å². The van der Waals surface area contributed by atoms with Crippen molar-refractivity contribution in [3.8, 4) is 0 Å². The third kappa shape index (κ3) is 3.85. The highest BCUT2D eigenvalue weighted by Gasteiger charge is 2.25. The Labute approximate surface area is 131 Å². The van der Waals surface area contributed by atoms with Crippen molar-refractivity contribution in [3.63, 3.8) is 0 Å². The molecule has 0 aromatic heterocycles. The van der Waals surface area contributed by atoms with Gasteiger partial charge in [0, 0.05) is 38.2 Å². The molecule has 1 N–H and O–H groups in total. The van der Waals surface area contributed by atoms with Crippen LogP contribution in [-0.4, -0.2) is 53.0 Å². The first-order valence-corrected chi connectivity index (χ1v) is 7.69. The third-order valence-corrected chi connectivity index (χ3v) is 3.94. The number of hydrogen-bond acceptors (Lipinski definition) is 3. The van der Waals surface area contributed by atoms with Gasteiger partial charge in [-0.25, -0.2) is 0 Å². The number of benzene rings is 1. The van der Waals surface area contributed by atoms with E-state index in [-0.39, 0.29) is 17.7 Å². The molecule has 5 heteroatoms. The van der Waals surface area contributed by atoms with Crippen molar-refractivity contribution in [2.24, 2.45) is 5.92 Å². The van der Waals surface area contributed by atoms with E-state index in [4.69, 9.17) is 0 Å². The summed E-state index contributed by atoms with van der Waals surface area (Å²) in [7, 11) is 1.78. The highest BCUT2D eigenvalue weighted by atomic mass is 16.3. The van der Waals surface area contributed by atoms with E-state index in [0.29, 0.717) is 31.6 Å². The maximum atomic E-state index is 12.3. The van der Waals surface area contributed by atoms with E-state index in [2.05, 4.69) is 0 Å². The largest absolute Gasteiger partial charge is 0.391 e. The number of hydrogen-bond donors (Lipinski definition) is 1. The van der Waals surface area contributed by atoms with Crippen LogP contribution in [-0.2, 0) is 11.3 Å². The monoisotopic (exact) mass is 304 g/mol. The van der Waals surface area contributed by atoms with Gasteiger partial charge in [-0.15, -0.1) is 0 Å². The van der Waals surface area contributed by atoms with Crippen LogP contribution in [0.1, 0.15) is 36.2 Å². The van der Waals surface area contributed by atoms with Crippen molar-refractivity contribution in [2.45, 2.75) is 32.9 Å². The average Bonchev–Trinajstić information content (AvgIpc) is 2.93. The average molecular weight is 304 g/mol. The summed E-state index contributed by atoms with van der Waals surface area (Å²) >= 11 is 0. The quantitative estimate of drug-likeness (QED) is 0.917. The van der Waals surface area contributed by atoms with Gasteiger partial charge >= 0.3 is 0 Å². The molecular formula is C17H24N2O3. The van der Waals surface area contributed by atoms with Crippen LogP contribution >= 0.6 is 0 Å². The summed E-state index contributed by atoms with van der Waals surface area (Å²) < 4.78 is 0. The highest BCUT2D eigenvalue weighted by Crippen LogP contribution is 2.15. The Balaban J connectivity index is 1.98. The van der Waals surface area contributed by atoms with Crippen LogP contribution in [0, 0.1) is 5.92 Å². The minimum absolute atomic E-state index is 0.0209. The number of aliphatic hydroxyl groups is 1. The van der Waals surface area contributed by atoms with Crippen LogP contribution in [0.3, 0.4) is 0 Å². The first-order chi connectivity index (χ1) is 10.4. The number of amides is 2. The lowest BCUT2D eigenvalue weighted by molar-refractivity contribution is -0.133. The van der Waals surface area contributed by atoms with Crippen molar-refractivity contribution in [1.29, 1.82) is 0 Å². The van der Waals surface area contributed by atoms with Gasteiger partial charge in [0.1, 0.15) is 0 Å². The number of β-amino-alcohol motifs (C(OH)–C–C–N with tert-alkyl or cyclic N) is 1. The predicted molar refractivity (Wildman–Crippen MR) is 84.3 cm³/mol. The maximum absolute atomic E-state index is 12.3. The molecule has 1 saturated heterocycles. The molecular weight excluding hydrogens is 280 g/mol. The summed E-state index contributed by atoms with van der Waals surface area (Å²) in [4.78, 5) is 27.5. The zero-order valence-electron chi connectivity index (χ0n) is 13.5. The van der Waals surface area contributed by atoms with Crippen molar-refractivity contribution < 1.29 is 14.7 Å². The number of carbonyl (C=O) groups is 2. The maximum Gasteiger partial charge on any atom is 0.253 e. The third-order valence-electron chi connectivity index (χ3n) is 3.94. The van der Waals surface area contributed by atoms with Crippen molar-refractivity contribution in [1.82, 2.24) is 9.80 Å². The highest BCUT2D eigenvalue weighted by molar-refractivity contribution is 5.94. The summed E-state index contributed by atoms with van der Waals surface area (Å²) in [5.74, 6) is 0.0355. The number of carbonyl (C=O) groups excluding carboxylic acids is 2. The van der Waals surface area contributed by atoms with Gasteiger partial charge in [-0.05, 0) is 24.1 Å². The van der Waals surface area contributed by atoms with Gasteiger partial charge < -0.3 is 14.9 Å². The Morgan fingerprint density at radius 3 is 2.45 bits per heavy atom. The second-order valence-corrected chi connectivity index (χ2v) is 6.24. The lowest BCUT2D eigenvalue weighted by atomic mass is 10.1. The Hall–Kier alpha value is -1.88. The Kier molecular flexibility index (Phi) is 5.19. The summed E-state index contributed by atoms with van der Waals surface area (Å²) in [5, 5.41) is 9.50. The zero-order chi connectivity index (χ0) is 16.3. The van der Waals surface area contributed by atoms with Crippen LogP contribution < -0.4 is 0 Å². The van der Waals surface area contributed by atoms with E-state index in [1.54, 1.807) is 29.0 Å². The molecule has 0 spiro atoms. The molecule has 2 amide bonds. The fourth-order valence-electron chi connectivity index (χ4n) is 2.65. The lowest BCUT2D eigenvalue weighted by Gasteiger charge is -2.20. The smallest absolute Gasteiger partial charge is 0.253 e. The minimum Gasteiger partial charge on any atom is -0.391 e. The van der Waals surface area contributed by atoms with Gasteiger partial charge in [-0.1, -0.05) is 26.0 Å². The second-order valence-electron chi connectivity index (χ2n) is 6.24. The minimum atomic E-state index is -0.404. The number of likely N-dealkylation sites (tertiary alicyclic amines) is 1. The molecule has 22 heavy (non-hydrogen) atoms. The van der Waals surface area contributed by atoms with Crippen molar-refractivity contribution >= 4 is 11.8 Å². The van der Waals surface area contributed by atoms with Gasteiger partial charge in [0.2, 0.25) is 5.91 Å². The van der Waals surface area contributed by atoms with Crippen molar-refractivity contribution in [2.75, 3.05) is 20.1 Å². The van der Waals surface area contributed by atoms with Crippen LogP contribution in [0.2, 0.25) is 0 Å². The van der Waals surface area contributed by atoms with E-state index in [9.17, 15) is 14.7 Å². The molecule has 1 atom stereocenters. The molecule has 2 rings (SSSR count). The zero-order valence-corrected chi connectivity index (χ0v) is 13.5. The number of rotatable bonds is 4. The van der Waals surface area contributed by atoms with Gasteiger partial charge in [0.05, 0.1) is 6.10 Å². The van der Waals surface area contributed by atoms with Crippen LogP contribution in [0.4, 0.5) is 0 Å². The summed E-state index contributed by atoms with van der Waals surface area (Å²) in [5.41, 5.74) is 1.62. The molecule has 1 fully saturated rings. The van der Waals surface area contributed by atoms with Crippen LogP contribution in [0.25, 0.3) is 0 Å². The van der Waals surface area contributed by atoms with Crippen LogP contribution in [0.5, 0.6) is 0 Å². The molecule has 0 aliphatic carbocycles.